The lowest BCUT2D eigenvalue weighted by molar-refractivity contribution is -0.384. The summed E-state index contributed by atoms with van der Waals surface area (Å²) in [7, 11) is 0. The molecule has 3 rings (SSSR count). The molecule has 2 aromatic carbocycles. The zero-order valence-corrected chi connectivity index (χ0v) is 14.0. The van der Waals surface area contributed by atoms with Gasteiger partial charge in [0.25, 0.3) is 11.6 Å². The number of aromatic amines is 1. The molecule has 0 unspecified atom stereocenters. The molecule has 1 aromatic heterocycles. The molecule has 0 aliphatic heterocycles. The second kappa shape index (κ2) is 7.58. The monoisotopic (exact) mass is 369 g/mol. The Hall–Kier alpha value is -3.52. The second-order valence-electron chi connectivity index (χ2n) is 5.19. The lowest BCUT2D eigenvalue weighted by atomic mass is 10.1. The van der Waals surface area contributed by atoms with Gasteiger partial charge in [-0.15, -0.1) is 0 Å². The number of carbonyl (C=O) groups excluding carboxylic acids is 1. The predicted octanol–water partition coefficient (Wildman–Crippen LogP) is 3.40. The quantitative estimate of drug-likeness (QED) is 0.407. The van der Waals surface area contributed by atoms with Gasteiger partial charge in [-0.1, -0.05) is 41.9 Å². The fraction of sp³-hybridized carbons (Fsp3) is 0. The fourth-order valence-corrected chi connectivity index (χ4v) is 2.35. The number of aromatic nitrogens is 2. The van der Waals surface area contributed by atoms with Gasteiger partial charge in [-0.25, -0.2) is 5.43 Å². The number of non-ortho nitro benzene ring substituents is 1. The summed E-state index contributed by atoms with van der Waals surface area (Å²) < 4.78 is 0. The molecule has 0 spiro atoms. The molecule has 0 saturated carbocycles. The van der Waals surface area contributed by atoms with Crippen molar-refractivity contribution in [2.75, 3.05) is 0 Å². The average Bonchev–Trinajstić information content (AvgIpc) is 3.13. The highest BCUT2D eigenvalue weighted by Gasteiger charge is 2.13. The van der Waals surface area contributed by atoms with Gasteiger partial charge >= 0.3 is 0 Å². The number of carbonyl (C=O) groups is 1. The SMILES string of the molecule is O=C(NN=Cc1ccccc1Cl)c1cc(-c2cccc([N+](=O)[O-])c2)n[nH]1. The van der Waals surface area contributed by atoms with Crippen molar-refractivity contribution < 1.29 is 9.72 Å². The zero-order chi connectivity index (χ0) is 18.5. The van der Waals surface area contributed by atoms with E-state index in [1.165, 1.54) is 24.4 Å². The maximum absolute atomic E-state index is 12.1. The Balaban J connectivity index is 1.71. The van der Waals surface area contributed by atoms with Crippen molar-refractivity contribution in [1.82, 2.24) is 15.6 Å². The van der Waals surface area contributed by atoms with Crippen molar-refractivity contribution in [3.05, 3.63) is 81.0 Å². The van der Waals surface area contributed by atoms with Crippen LogP contribution in [-0.2, 0) is 0 Å². The van der Waals surface area contributed by atoms with Crippen molar-refractivity contribution in [2.24, 2.45) is 5.10 Å². The number of rotatable bonds is 5. The largest absolute Gasteiger partial charge is 0.289 e. The number of hydrazone groups is 1. The van der Waals surface area contributed by atoms with Crippen LogP contribution in [-0.4, -0.2) is 27.2 Å². The van der Waals surface area contributed by atoms with Gasteiger partial charge in [-0.3, -0.25) is 20.0 Å². The number of benzene rings is 2. The molecule has 1 amide bonds. The Morgan fingerprint density at radius 3 is 2.81 bits per heavy atom. The Morgan fingerprint density at radius 2 is 2.04 bits per heavy atom. The van der Waals surface area contributed by atoms with E-state index >= 15 is 0 Å². The minimum Gasteiger partial charge on any atom is -0.272 e. The minimum absolute atomic E-state index is 0.0548. The van der Waals surface area contributed by atoms with Crippen LogP contribution in [0.15, 0.2) is 59.7 Å². The number of H-pyrrole nitrogens is 1. The molecule has 26 heavy (non-hydrogen) atoms. The van der Waals surface area contributed by atoms with Gasteiger partial charge < -0.3 is 0 Å². The van der Waals surface area contributed by atoms with Crippen molar-refractivity contribution in [1.29, 1.82) is 0 Å². The van der Waals surface area contributed by atoms with Crippen molar-refractivity contribution >= 4 is 29.4 Å². The molecular formula is C17H12ClN5O3. The van der Waals surface area contributed by atoms with Gasteiger partial charge in [0.2, 0.25) is 0 Å². The first-order valence-electron chi connectivity index (χ1n) is 7.43. The Kier molecular flexibility index (Phi) is 5.04. The molecule has 0 bridgehead atoms. The summed E-state index contributed by atoms with van der Waals surface area (Å²) in [6.07, 6.45) is 1.43. The highest BCUT2D eigenvalue weighted by molar-refractivity contribution is 6.33. The molecule has 0 saturated heterocycles. The Labute approximate surface area is 152 Å². The molecular weight excluding hydrogens is 358 g/mol. The average molecular weight is 370 g/mol. The Morgan fingerprint density at radius 1 is 1.23 bits per heavy atom. The molecule has 0 fully saturated rings. The van der Waals surface area contributed by atoms with E-state index in [0.717, 1.165) is 0 Å². The maximum Gasteiger partial charge on any atom is 0.289 e. The summed E-state index contributed by atoms with van der Waals surface area (Å²) in [6, 6.07) is 14.5. The standard InChI is InChI=1S/C17H12ClN5O3/c18-14-7-2-1-4-12(14)10-19-22-17(24)16-9-15(20-21-16)11-5-3-6-13(8-11)23(25)26/h1-10H,(H,20,21)(H,22,24). The number of hydrogen-bond acceptors (Lipinski definition) is 5. The molecule has 0 aliphatic rings. The number of nitro benzene ring substituents is 1. The summed E-state index contributed by atoms with van der Waals surface area (Å²) in [5.41, 5.74) is 4.07. The molecule has 8 nitrogen and oxygen atoms in total. The van der Waals surface area contributed by atoms with Crippen LogP contribution >= 0.6 is 11.6 Å². The second-order valence-corrected chi connectivity index (χ2v) is 5.60. The molecule has 0 atom stereocenters. The van der Waals surface area contributed by atoms with E-state index in [2.05, 4.69) is 20.7 Å². The zero-order valence-electron chi connectivity index (χ0n) is 13.2. The van der Waals surface area contributed by atoms with E-state index in [4.69, 9.17) is 11.6 Å². The first kappa shape index (κ1) is 17.3. The highest BCUT2D eigenvalue weighted by atomic mass is 35.5. The molecule has 0 aliphatic carbocycles. The summed E-state index contributed by atoms with van der Waals surface area (Å²) >= 11 is 5.99. The van der Waals surface area contributed by atoms with E-state index in [-0.39, 0.29) is 11.4 Å². The predicted molar refractivity (Wildman–Crippen MR) is 97.2 cm³/mol. The highest BCUT2D eigenvalue weighted by Crippen LogP contribution is 2.22. The van der Waals surface area contributed by atoms with E-state index in [0.29, 0.717) is 21.8 Å². The van der Waals surface area contributed by atoms with Crippen LogP contribution in [0.25, 0.3) is 11.3 Å². The third-order valence-corrected chi connectivity index (χ3v) is 3.79. The topological polar surface area (TPSA) is 113 Å². The van der Waals surface area contributed by atoms with E-state index in [9.17, 15) is 14.9 Å². The van der Waals surface area contributed by atoms with Crippen LogP contribution in [0.3, 0.4) is 0 Å². The molecule has 0 radical (unpaired) electrons. The molecule has 9 heteroatoms. The smallest absolute Gasteiger partial charge is 0.272 e. The lowest BCUT2D eigenvalue weighted by Gasteiger charge is -1.97. The molecule has 2 N–H and O–H groups in total. The molecule has 130 valence electrons. The minimum atomic E-state index is -0.502. The number of nitrogens with zero attached hydrogens (tertiary/aromatic N) is 3. The third-order valence-electron chi connectivity index (χ3n) is 3.45. The maximum atomic E-state index is 12.1. The van der Waals surface area contributed by atoms with Crippen molar-refractivity contribution in [3.8, 4) is 11.3 Å². The van der Waals surface area contributed by atoms with E-state index in [1.807, 2.05) is 0 Å². The van der Waals surface area contributed by atoms with Gasteiger partial charge in [0.05, 0.1) is 16.8 Å². The van der Waals surface area contributed by atoms with Gasteiger partial charge in [-0.05, 0) is 12.1 Å². The first-order valence-corrected chi connectivity index (χ1v) is 7.80. The van der Waals surface area contributed by atoms with Gasteiger partial charge in [0.1, 0.15) is 5.69 Å². The molecule has 3 aromatic rings. The first-order chi connectivity index (χ1) is 12.5. The number of hydrogen-bond donors (Lipinski definition) is 2. The van der Waals surface area contributed by atoms with Crippen LogP contribution in [0, 0.1) is 10.1 Å². The summed E-state index contributed by atoms with van der Waals surface area (Å²) in [4.78, 5) is 22.5. The van der Waals surface area contributed by atoms with Gasteiger partial charge in [-0.2, -0.15) is 10.2 Å². The number of halogens is 1. The number of amides is 1. The van der Waals surface area contributed by atoms with E-state index in [1.54, 1.807) is 36.4 Å². The van der Waals surface area contributed by atoms with Crippen LogP contribution in [0.2, 0.25) is 5.02 Å². The van der Waals surface area contributed by atoms with Crippen LogP contribution < -0.4 is 5.43 Å². The number of nitro groups is 1. The van der Waals surface area contributed by atoms with Crippen LogP contribution in [0.4, 0.5) is 5.69 Å². The number of nitrogens with one attached hydrogen (secondary N) is 2. The van der Waals surface area contributed by atoms with Crippen LogP contribution in [0.5, 0.6) is 0 Å². The van der Waals surface area contributed by atoms with Crippen molar-refractivity contribution in [2.45, 2.75) is 0 Å². The van der Waals surface area contributed by atoms with Crippen LogP contribution in [0.1, 0.15) is 16.1 Å². The lowest BCUT2D eigenvalue weighted by Crippen LogP contribution is -2.18. The Bertz CT molecular complexity index is 999. The van der Waals surface area contributed by atoms with E-state index < -0.39 is 10.8 Å². The van der Waals surface area contributed by atoms with Gasteiger partial charge in [0.15, 0.2) is 0 Å². The normalized spacial score (nSPS) is 10.8. The fourth-order valence-electron chi connectivity index (χ4n) is 2.17. The summed E-state index contributed by atoms with van der Waals surface area (Å²) in [6.45, 7) is 0. The summed E-state index contributed by atoms with van der Waals surface area (Å²) in [5, 5.41) is 21.8. The van der Waals surface area contributed by atoms with Gasteiger partial charge in [0, 0.05) is 28.3 Å². The summed E-state index contributed by atoms with van der Waals surface area (Å²) in [5.74, 6) is -0.502. The molecule has 1 heterocycles. The van der Waals surface area contributed by atoms with Crippen molar-refractivity contribution in [3.63, 3.8) is 0 Å². The third kappa shape index (κ3) is 3.93.